The van der Waals surface area contributed by atoms with Gasteiger partial charge in [0.2, 0.25) is 0 Å². The Labute approximate surface area is 221 Å². The number of fused-ring (bicyclic) bond motifs is 2. The molecule has 2 aromatic carbocycles. The maximum Gasteiger partial charge on any atom is 0.107 e. The third-order valence-electron chi connectivity index (χ3n) is 9.07. The van der Waals surface area contributed by atoms with Crippen molar-refractivity contribution in [3.8, 4) is 6.07 Å². The van der Waals surface area contributed by atoms with Crippen LogP contribution in [0, 0.1) is 17.2 Å². The molecule has 0 aromatic heterocycles. The lowest BCUT2D eigenvalue weighted by atomic mass is 9.68. The Bertz CT molecular complexity index is 862. The standard InChI is InChI=1S/C34H48N2/c1-2-3-4-5-6-7-8-9-10-17-24-36-32-22-23-33(36)26-29(25-32)27-34(28-35,30-18-13-11-14-19-30)31-20-15-12-16-21-31/h11-16,18-21,29,32-33H,2-10,17,22-27H2,1H3/t29?,32-,33+. The van der Waals surface area contributed by atoms with Crippen LogP contribution >= 0.6 is 0 Å². The van der Waals surface area contributed by atoms with Gasteiger partial charge in [0, 0.05) is 12.1 Å². The van der Waals surface area contributed by atoms with E-state index in [1.807, 2.05) is 0 Å². The molecule has 2 saturated heterocycles. The summed E-state index contributed by atoms with van der Waals surface area (Å²) in [7, 11) is 0. The third-order valence-corrected chi connectivity index (χ3v) is 9.07. The smallest absolute Gasteiger partial charge is 0.107 e. The van der Waals surface area contributed by atoms with Gasteiger partial charge < -0.3 is 0 Å². The number of nitrogens with zero attached hydrogens (tertiary/aromatic N) is 2. The van der Waals surface area contributed by atoms with Gasteiger partial charge in [-0.15, -0.1) is 0 Å². The highest BCUT2D eigenvalue weighted by Gasteiger charge is 2.44. The fraction of sp³-hybridized carbons (Fsp3) is 0.618. The van der Waals surface area contributed by atoms with Crippen LogP contribution in [0.5, 0.6) is 0 Å². The molecule has 4 rings (SSSR count). The Balaban J connectivity index is 1.28. The molecule has 2 aliphatic rings. The van der Waals surface area contributed by atoms with E-state index in [1.54, 1.807) is 0 Å². The lowest BCUT2D eigenvalue weighted by Gasteiger charge is -2.42. The number of hydrogen-bond acceptors (Lipinski definition) is 2. The quantitative estimate of drug-likeness (QED) is 0.236. The Morgan fingerprint density at radius 1 is 0.722 bits per heavy atom. The zero-order chi connectivity index (χ0) is 25.1. The van der Waals surface area contributed by atoms with E-state index >= 15 is 0 Å². The monoisotopic (exact) mass is 484 g/mol. The molecule has 2 bridgehead atoms. The first-order valence-corrected chi connectivity index (χ1v) is 15.0. The first-order chi connectivity index (χ1) is 17.8. The van der Waals surface area contributed by atoms with E-state index in [4.69, 9.17) is 0 Å². The molecule has 2 nitrogen and oxygen atoms in total. The Morgan fingerprint density at radius 2 is 1.19 bits per heavy atom. The summed E-state index contributed by atoms with van der Waals surface area (Å²) in [5.41, 5.74) is 1.75. The minimum Gasteiger partial charge on any atom is -0.297 e. The summed E-state index contributed by atoms with van der Waals surface area (Å²) in [4.78, 5) is 2.86. The second-order valence-electron chi connectivity index (χ2n) is 11.6. The van der Waals surface area contributed by atoms with Gasteiger partial charge in [-0.05, 0) is 62.1 Å². The fourth-order valence-corrected chi connectivity index (χ4v) is 7.16. The molecule has 2 aliphatic heterocycles. The molecule has 1 unspecified atom stereocenters. The molecule has 2 heteroatoms. The molecule has 0 N–H and O–H groups in total. The van der Waals surface area contributed by atoms with Crippen LogP contribution in [-0.4, -0.2) is 23.5 Å². The molecular formula is C34H48N2. The van der Waals surface area contributed by atoms with Gasteiger partial charge in [0.05, 0.1) is 6.07 Å². The maximum absolute atomic E-state index is 10.6. The lowest BCUT2D eigenvalue weighted by molar-refractivity contribution is 0.0934. The zero-order valence-electron chi connectivity index (χ0n) is 22.7. The normalized spacial score (nSPS) is 21.9. The van der Waals surface area contributed by atoms with Crippen molar-refractivity contribution in [1.29, 1.82) is 5.26 Å². The van der Waals surface area contributed by atoms with E-state index in [0.717, 1.165) is 29.6 Å². The van der Waals surface area contributed by atoms with Gasteiger partial charge in [0.1, 0.15) is 5.41 Å². The van der Waals surface area contributed by atoms with Crippen LogP contribution in [0.3, 0.4) is 0 Å². The topological polar surface area (TPSA) is 27.0 Å². The first-order valence-electron chi connectivity index (χ1n) is 15.0. The number of nitriles is 1. The molecule has 2 fully saturated rings. The van der Waals surface area contributed by atoms with E-state index in [-0.39, 0.29) is 0 Å². The van der Waals surface area contributed by atoms with Gasteiger partial charge in [-0.3, -0.25) is 4.90 Å². The molecule has 0 amide bonds. The number of benzene rings is 2. The second kappa shape index (κ2) is 14.0. The highest BCUT2D eigenvalue weighted by molar-refractivity contribution is 5.46. The van der Waals surface area contributed by atoms with E-state index in [9.17, 15) is 5.26 Å². The molecule has 0 saturated carbocycles. The summed E-state index contributed by atoms with van der Waals surface area (Å²) < 4.78 is 0. The van der Waals surface area contributed by atoms with Gasteiger partial charge in [-0.25, -0.2) is 0 Å². The highest BCUT2D eigenvalue weighted by Crippen LogP contribution is 2.46. The summed E-state index contributed by atoms with van der Waals surface area (Å²) in [6.07, 6.45) is 20.3. The van der Waals surface area contributed by atoms with Gasteiger partial charge in [-0.1, -0.05) is 125 Å². The molecule has 194 valence electrons. The molecule has 2 aromatic rings. The zero-order valence-corrected chi connectivity index (χ0v) is 22.7. The Kier molecular flexibility index (Phi) is 10.5. The summed E-state index contributed by atoms with van der Waals surface area (Å²) in [6.45, 7) is 3.59. The number of piperidine rings is 1. The lowest BCUT2D eigenvalue weighted by Crippen LogP contribution is -2.44. The van der Waals surface area contributed by atoms with Crippen LogP contribution in [0.1, 0.15) is 114 Å². The van der Waals surface area contributed by atoms with E-state index in [1.165, 1.54) is 96.4 Å². The summed E-state index contributed by atoms with van der Waals surface area (Å²) >= 11 is 0. The van der Waals surface area contributed by atoms with Crippen molar-refractivity contribution in [2.45, 2.75) is 121 Å². The number of unbranched alkanes of at least 4 members (excludes halogenated alkanes) is 9. The predicted octanol–water partition coefficient (Wildman–Crippen LogP) is 9.05. The van der Waals surface area contributed by atoms with Crippen molar-refractivity contribution in [1.82, 2.24) is 4.90 Å². The summed E-state index contributed by atoms with van der Waals surface area (Å²) in [5.74, 6) is 0.617. The second-order valence-corrected chi connectivity index (χ2v) is 11.6. The van der Waals surface area contributed by atoms with E-state index in [2.05, 4.69) is 78.6 Å². The molecule has 3 atom stereocenters. The van der Waals surface area contributed by atoms with Crippen molar-refractivity contribution in [3.05, 3.63) is 71.8 Å². The highest BCUT2D eigenvalue weighted by atomic mass is 15.2. The van der Waals surface area contributed by atoms with Crippen LogP contribution in [0.2, 0.25) is 0 Å². The van der Waals surface area contributed by atoms with Crippen molar-refractivity contribution >= 4 is 0 Å². The average Bonchev–Trinajstić information content (AvgIpc) is 3.16. The van der Waals surface area contributed by atoms with Crippen molar-refractivity contribution in [2.24, 2.45) is 5.92 Å². The average molecular weight is 485 g/mol. The first kappa shape index (κ1) is 26.9. The van der Waals surface area contributed by atoms with E-state index in [0.29, 0.717) is 5.92 Å². The van der Waals surface area contributed by atoms with Crippen LogP contribution in [-0.2, 0) is 5.41 Å². The molecule has 2 heterocycles. The predicted molar refractivity (Wildman–Crippen MR) is 152 cm³/mol. The minimum absolute atomic E-state index is 0.550. The van der Waals surface area contributed by atoms with Crippen LogP contribution in [0.15, 0.2) is 60.7 Å². The minimum atomic E-state index is -0.550. The molecule has 0 aliphatic carbocycles. The summed E-state index contributed by atoms with van der Waals surface area (Å²) in [5, 5.41) is 10.6. The summed E-state index contributed by atoms with van der Waals surface area (Å²) in [6, 6.07) is 25.4. The molecular weight excluding hydrogens is 436 g/mol. The number of rotatable bonds is 15. The van der Waals surface area contributed by atoms with Gasteiger partial charge in [0.15, 0.2) is 0 Å². The Morgan fingerprint density at radius 3 is 1.67 bits per heavy atom. The third kappa shape index (κ3) is 6.80. The van der Waals surface area contributed by atoms with Gasteiger partial charge in [0.25, 0.3) is 0 Å². The SMILES string of the molecule is CCCCCCCCCCCCN1[C@@H]2CC[C@H]1CC(CC(C#N)(c1ccccc1)c1ccccc1)C2. The fourth-order valence-electron chi connectivity index (χ4n) is 7.16. The van der Waals surface area contributed by atoms with Crippen molar-refractivity contribution in [2.75, 3.05) is 6.54 Å². The van der Waals surface area contributed by atoms with Crippen LogP contribution < -0.4 is 0 Å². The van der Waals surface area contributed by atoms with Crippen molar-refractivity contribution in [3.63, 3.8) is 0 Å². The van der Waals surface area contributed by atoms with Crippen LogP contribution in [0.4, 0.5) is 0 Å². The molecule has 36 heavy (non-hydrogen) atoms. The maximum atomic E-state index is 10.6. The number of hydrogen-bond donors (Lipinski definition) is 0. The van der Waals surface area contributed by atoms with Crippen LogP contribution in [0.25, 0.3) is 0 Å². The van der Waals surface area contributed by atoms with Crippen molar-refractivity contribution < 1.29 is 0 Å². The van der Waals surface area contributed by atoms with E-state index < -0.39 is 5.41 Å². The largest absolute Gasteiger partial charge is 0.297 e. The molecule has 0 spiro atoms. The molecule has 0 radical (unpaired) electrons. The van der Waals surface area contributed by atoms with Gasteiger partial charge in [-0.2, -0.15) is 5.26 Å². The van der Waals surface area contributed by atoms with Gasteiger partial charge >= 0.3 is 0 Å². The Hall–Kier alpha value is -2.11.